The molecular weight excluding hydrogens is 497 g/mol. The van der Waals surface area contributed by atoms with Gasteiger partial charge in [0.2, 0.25) is 10.0 Å². The van der Waals surface area contributed by atoms with Crippen molar-refractivity contribution in [1.82, 2.24) is 9.03 Å². The van der Waals surface area contributed by atoms with Crippen molar-refractivity contribution in [2.24, 2.45) is 17.8 Å². The van der Waals surface area contributed by atoms with Crippen molar-refractivity contribution in [2.75, 3.05) is 19.6 Å². The van der Waals surface area contributed by atoms with Crippen LogP contribution in [0.25, 0.3) is 0 Å². The molecule has 8 nitrogen and oxygen atoms in total. The molecule has 0 radical (unpaired) electrons. The highest BCUT2D eigenvalue weighted by Gasteiger charge is 2.59. The first kappa shape index (κ1) is 25.2. The van der Waals surface area contributed by atoms with Gasteiger partial charge in [-0.3, -0.25) is 0 Å². The lowest BCUT2D eigenvalue weighted by atomic mass is 10.1. The number of nitrogens with zero attached hydrogens (tertiary/aromatic N) is 1. The summed E-state index contributed by atoms with van der Waals surface area (Å²) in [5, 5.41) is 0.145. The Morgan fingerprint density at radius 3 is 2.22 bits per heavy atom. The third kappa shape index (κ3) is 5.06. The fraction of sp³-hybridized carbons (Fsp3) is 0.611. The summed E-state index contributed by atoms with van der Waals surface area (Å²) in [5.41, 5.74) is -6.49. The Morgan fingerprint density at radius 2 is 1.72 bits per heavy atom. The standard InChI is InChI=1S/C18H22ClF3N2O6S2/c1-17(2,3)30-16(25)11-6-10(19)4-5-15(11)31(26,27)24-8-13-12(14(13)9-24)7-23-32(28,29)18(20,21)22/h4-6,12-14,23H,7-9H2,1-3H3. The van der Waals surface area contributed by atoms with Crippen molar-refractivity contribution in [3.8, 4) is 0 Å². The van der Waals surface area contributed by atoms with E-state index in [0.717, 1.165) is 4.31 Å². The van der Waals surface area contributed by atoms with E-state index in [2.05, 4.69) is 0 Å². The lowest BCUT2D eigenvalue weighted by Gasteiger charge is -2.23. The summed E-state index contributed by atoms with van der Waals surface area (Å²) in [4.78, 5) is 12.3. The van der Waals surface area contributed by atoms with Gasteiger partial charge in [-0.2, -0.15) is 17.5 Å². The first-order valence-corrected chi connectivity index (χ1v) is 12.8. The molecule has 1 N–H and O–H groups in total. The number of alkyl halides is 3. The molecule has 180 valence electrons. The predicted molar refractivity (Wildman–Crippen MR) is 109 cm³/mol. The zero-order valence-corrected chi connectivity index (χ0v) is 19.7. The van der Waals surface area contributed by atoms with Gasteiger partial charge in [-0.05, 0) is 56.7 Å². The van der Waals surface area contributed by atoms with E-state index in [1.807, 2.05) is 0 Å². The summed E-state index contributed by atoms with van der Waals surface area (Å²) in [6, 6.07) is 3.73. The molecule has 0 amide bonds. The van der Waals surface area contributed by atoms with Crippen LogP contribution >= 0.6 is 11.6 Å². The molecule has 2 atom stereocenters. The summed E-state index contributed by atoms with van der Waals surface area (Å²) in [6.45, 7) is 4.47. The van der Waals surface area contributed by atoms with Crippen LogP contribution in [-0.4, -0.2) is 57.9 Å². The quantitative estimate of drug-likeness (QED) is 0.580. The molecule has 1 aromatic rings. The molecule has 32 heavy (non-hydrogen) atoms. The smallest absolute Gasteiger partial charge is 0.456 e. The Morgan fingerprint density at radius 1 is 1.16 bits per heavy atom. The van der Waals surface area contributed by atoms with Crippen LogP contribution < -0.4 is 4.72 Å². The third-order valence-corrected chi connectivity index (χ3v) is 8.61. The van der Waals surface area contributed by atoms with E-state index >= 15 is 0 Å². The lowest BCUT2D eigenvalue weighted by Crippen LogP contribution is -2.39. The maximum absolute atomic E-state index is 13.2. The average Bonchev–Trinajstić information content (AvgIpc) is 3.06. The predicted octanol–water partition coefficient (Wildman–Crippen LogP) is 2.60. The molecule has 2 fully saturated rings. The van der Waals surface area contributed by atoms with E-state index in [0.29, 0.717) is 0 Å². The number of ether oxygens (including phenoxy) is 1. The Bertz CT molecular complexity index is 1120. The highest BCUT2D eigenvalue weighted by atomic mass is 35.5. The minimum atomic E-state index is -5.45. The van der Waals surface area contributed by atoms with Gasteiger partial charge in [0.05, 0.1) is 10.5 Å². The first-order chi connectivity index (χ1) is 14.4. The average molecular weight is 519 g/mol. The van der Waals surface area contributed by atoms with Gasteiger partial charge in [0.25, 0.3) is 0 Å². The molecular formula is C18H22ClF3N2O6S2. The zero-order chi connectivity index (χ0) is 24.3. The minimum absolute atomic E-state index is 0.00178. The Kier molecular flexibility index (Phi) is 6.40. The summed E-state index contributed by atoms with van der Waals surface area (Å²) in [7, 11) is -9.57. The number of hydrogen-bond acceptors (Lipinski definition) is 6. The van der Waals surface area contributed by atoms with Crippen LogP contribution in [0.15, 0.2) is 23.1 Å². The molecule has 2 unspecified atom stereocenters. The number of benzene rings is 1. The number of piperidine rings is 1. The van der Waals surface area contributed by atoms with Crippen molar-refractivity contribution in [3.05, 3.63) is 28.8 Å². The number of sulfonamides is 2. The van der Waals surface area contributed by atoms with E-state index in [1.165, 1.54) is 22.9 Å². The molecule has 1 aliphatic carbocycles. The molecule has 0 aromatic heterocycles. The van der Waals surface area contributed by atoms with Crippen molar-refractivity contribution < 1.29 is 39.5 Å². The third-order valence-electron chi connectivity index (χ3n) is 5.33. The highest BCUT2D eigenvalue weighted by molar-refractivity contribution is 7.90. The van der Waals surface area contributed by atoms with Crippen molar-refractivity contribution in [1.29, 1.82) is 0 Å². The SMILES string of the molecule is CC(C)(C)OC(=O)c1cc(Cl)ccc1S(=O)(=O)N1CC2C(CNS(=O)(=O)C(F)(F)F)C2C1. The van der Waals surface area contributed by atoms with Crippen LogP contribution in [0.2, 0.25) is 5.02 Å². The second-order valence-electron chi connectivity index (χ2n) is 8.75. The van der Waals surface area contributed by atoms with Gasteiger partial charge in [0, 0.05) is 24.7 Å². The number of rotatable bonds is 6. The second-order valence-corrected chi connectivity index (χ2v) is 12.9. The maximum atomic E-state index is 13.2. The number of esters is 1. The molecule has 1 aliphatic heterocycles. The van der Waals surface area contributed by atoms with Gasteiger partial charge in [0.15, 0.2) is 0 Å². The van der Waals surface area contributed by atoms with E-state index in [1.54, 1.807) is 20.8 Å². The van der Waals surface area contributed by atoms with E-state index < -0.39 is 49.6 Å². The number of nitrogens with one attached hydrogen (secondary N) is 1. The highest BCUT2D eigenvalue weighted by Crippen LogP contribution is 2.52. The molecule has 1 aromatic carbocycles. The van der Waals surface area contributed by atoms with E-state index in [9.17, 15) is 34.8 Å². The monoisotopic (exact) mass is 518 g/mol. The molecule has 0 bridgehead atoms. The normalized spacial score (nSPS) is 24.3. The van der Waals surface area contributed by atoms with Gasteiger partial charge < -0.3 is 4.74 Å². The molecule has 2 aliphatic rings. The Labute approximate surface area is 189 Å². The largest absolute Gasteiger partial charge is 0.511 e. The van der Waals surface area contributed by atoms with Gasteiger partial charge in [-0.1, -0.05) is 11.6 Å². The second kappa shape index (κ2) is 8.12. The van der Waals surface area contributed by atoms with Gasteiger partial charge >= 0.3 is 21.5 Å². The minimum Gasteiger partial charge on any atom is -0.456 e. The van der Waals surface area contributed by atoms with E-state index in [-0.39, 0.29) is 40.4 Å². The summed E-state index contributed by atoms with van der Waals surface area (Å²) >= 11 is 5.94. The summed E-state index contributed by atoms with van der Waals surface area (Å²) in [6.07, 6.45) is 0. The molecule has 1 saturated carbocycles. The first-order valence-electron chi connectivity index (χ1n) is 9.53. The van der Waals surface area contributed by atoms with Crippen molar-refractivity contribution >= 4 is 37.6 Å². The van der Waals surface area contributed by atoms with Crippen LogP contribution in [0.1, 0.15) is 31.1 Å². The maximum Gasteiger partial charge on any atom is 0.511 e. The fourth-order valence-corrected chi connectivity index (χ4v) is 6.18. The van der Waals surface area contributed by atoms with Crippen LogP contribution in [0, 0.1) is 17.8 Å². The van der Waals surface area contributed by atoms with Crippen LogP contribution in [0.4, 0.5) is 13.2 Å². The number of halogens is 4. The Balaban J connectivity index is 1.72. The number of hydrogen-bond donors (Lipinski definition) is 1. The van der Waals surface area contributed by atoms with Crippen molar-refractivity contribution in [3.63, 3.8) is 0 Å². The fourth-order valence-electron chi connectivity index (χ4n) is 3.76. The van der Waals surface area contributed by atoms with E-state index in [4.69, 9.17) is 16.3 Å². The number of fused-ring (bicyclic) bond motifs is 1. The lowest BCUT2D eigenvalue weighted by molar-refractivity contribution is -0.0448. The van der Waals surface area contributed by atoms with Gasteiger partial charge in [-0.15, -0.1) is 0 Å². The van der Waals surface area contributed by atoms with Crippen LogP contribution in [0.3, 0.4) is 0 Å². The van der Waals surface area contributed by atoms with Gasteiger partial charge in [0.1, 0.15) is 5.60 Å². The molecule has 3 rings (SSSR count). The molecule has 14 heteroatoms. The summed E-state index contributed by atoms with van der Waals surface area (Å²) < 4.78 is 93.9. The molecule has 0 spiro atoms. The van der Waals surface area contributed by atoms with Crippen LogP contribution in [-0.2, 0) is 24.8 Å². The molecule has 1 heterocycles. The number of carbonyl (C=O) groups excluding carboxylic acids is 1. The summed E-state index contributed by atoms with van der Waals surface area (Å²) in [5.74, 6) is -1.81. The van der Waals surface area contributed by atoms with Crippen molar-refractivity contribution in [2.45, 2.75) is 36.8 Å². The zero-order valence-electron chi connectivity index (χ0n) is 17.3. The Hall–Kier alpha value is -1.41. The topological polar surface area (TPSA) is 110 Å². The number of carbonyl (C=O) groups is 1. The molecule has 1 saturated heterocycles. The van der Waals surface area contributed by atoms with Gasteiger partial charge in [-0.25, -0.2) is 26.4 Å². The van der Waals surface area contributed by atoms with Crippen LogP contribution in [0.5, 0.6) is 0 Å².